The highest BCUT2D eigenvalue weighted by atomic mass is 19.3. The van der Waals surface area contributed by atoms with E-state index < -0.39 is 6.61 Å². The Morgan fingerprint density at radius 1 is 1.04 bits per heavy atom. The minimum atomic E-state index is -2.94. The molecule has 25 heavy (non-hydrogen) atoms. The average Bonchev–Trinajstić information content (AvgIpc) is 2.62. The Bertz CT molecular complexity index is 847. The fraction of sp³-hybridized carbons (Fsp3) is 0.176. The standard InChI is InChI=1S/C17H14F2N4O2/c1-24-16-14(13-2-3-22-15(6-13)25-17(18)19)5-11(9-23-16)4-12-7-20-10-21-8-12/h2-3,5-10,17H,4H2,1H3. The van der Waals surface area contributed by atoms with E-state index in [1.54, 1.807) is 24.7 Å². The van der Waals surface area contributed by atoms with Crippen molar-refractivity contribution in [1.29, 1.82) is 0 Å². The van der Waals surface area contributed by atoms with Crippen LogP contribution < -0.4 is 9.47 Å². The minimum absolute atomic E-state index is 0.170. The smallest absolute Gasteiger partial charge is 0.388 e. The van der Waals surface area contributed by atoms with Crippen molar-refractivity contribution in [1.82, 2.24) is 19.9 Å². The van der Waals surface area contributed by atoms with E-state index in [9.17, 15) is 8.78 Å². The minimum Gasteiger partial charge on any atom is -0.481 e. The molecule has 0 saturated heterocycles. The zero-order valence-electron chi connectivity index (χ0n) is 13.3. The fourth-order valence-electron chi connectivity index (χ4n) is 2.35. The Hall–Kier alpha value is -3.16. The molecule has 0 bridgehead atoms. The zero-order chi connectivity index (χ0) is 17.6. The van der Waals surface area contributed by atoms with Crippen LogP contribution in [0.25, 0.3) is 11.1 Å². The molecule has 0 spiro atoms. The van der Waals surface area contributed by atoms with Gasteiger partial charge < -0.3 is 9.47 Å². The van der Waals surface area contributed by atoms with Gasteiger partial charge in [0.05, 0.1) is 7.11 Å². The number of pyridine rings is 2. The summed E-state index contributed by atoms with van der Waals surface area (Å²) in [4.78, 5) is 16.0. The Morgan fingerprint density at radius 3 is 2.56 bits per heavy atom. The molecule has 3 aromatic heterocycles. The summed E-state index contributed by atoms with van der Waals surface area (Å²) in [6, 6.07) is 4.97. The lowest BCUT2D eigenvalue weighted by Gasteiger charge is -2.11. The normalized spacial score (nSPS) is 10.7. The van der Waals surface area contributed by atoms with E-state index in [-0.39, 0.29) is 5.88 Å². The van der Waals surface area contributed by atoms with Gasteiger partial charge in [0.1, 0.15) is 6.33 Å². The first-order valence-electron chi connectivity index (χ1n) is 7.33. The van der Waals surface area contributed by atoms with E-state index in [0.29, 0.717) is 23.4 Å². The third-order valence-electron chi connectivity index (χ3n) is 3.38. The van der Waals surface area contributed by atoms with E-state index in [1.807, 2.05) is 6.07 Å². The van der Waals surface area contributed by atoms with Crippen LogP contribution in [0.4, 0.5) is 8.78 Å². The second-order valence-corrected chi connectivity index (χ2v) is 5.09. The molecule has 3 heterocycles. The lowest BCUT2D eigenvalue weighted by molar-refractivity contribution is -0.0528. The number of rotatable bonds is 6. The summed E-state index contributed by atoms with van der Waals surface area (Å²) in [5, 5.41) is 0. The Morgan fingerprint density at radius 2 is 1.84 bits per heavy atom. The molecule has 128 valence electrons. The molecule has 0 unspecified atom stereocenters. The summed E-state index contributed by atoms with van der Waals surface area (Å²) < 4.78 is 34.4. The van der Waals surface area contributed by atoms with Crippen molar-refractivity contribution in [2.45, 2.75) is 13.0 Å². The second kappa shape index (κ2) is 7.61. The molecule has 3 rings (SSSR count). The Balaban J connectivity index is 1.95. The maximum Gasteiger partial charge on any atom is 0.388 e. The van der Waals surface area contributed by atoms with Gasteiger partial charge in [-0.25, -0.2) is 19.9 Å². The average molecular weight is 344 g/mol. The van der Waals surface area contributed by atoms with Crippen molar-refractivity contribution in [3.8, 4) is 22.9 Å². The summed E-state index contributed by atoms with van der Waals surface area (Å²) in [6.07, 6.45) is 8.56. The zero-order valence-corrected chi connectivity index (χ0v) is 13.3. The van der Waals surface area contributed by atoms with Crippen molar-refractivity contribution in [3.05, 3.63) is 60.4 Å². The van der Waals surface area contributed by atoms with E-state index in [2.05, 4.69) is 24.7 Å². The third-order valence-corrected chi connectivity index (χ3v) is 3.38. The predicted octanol–water partition coefficient (Wildman–Crippen LogP) is 3.13. The van der Waals surface area contributed by atoms with Crippen LogP contribution in [0.2, 0.25) is 0 Å². The van der Waals surface area contributed by atoms with Crippen molar-refractivity contribution >= 4 is 0 Å². The van der Waals surface area contributed by atoms with Crippen LogP contribution in [0.15, 0.2) is 49.3 Å². The number of methoxy groups -OCH3 is 1. The lowest BCUT2D eigenvalue weighted by atomic mass is 10.0. The van der Waals surface area contributed by atoms with Crippen LogP contribution in [0.3, 0.4) is 0 Å². The summed E-state index contributed by atoms with van der Waals surface area (Å²) in [5.74, 6) is 0.207. The van der Waals surface area contributed by atoms with Crippen LogP contribution in [-0.2, 0) is 6.42 Å². The highest BCUT2D eigenvalue weighted by Crippen LogP contribution is 2.31. The van der Waals surface area contributed by atoms with Crippen LogP contribution in [0.1, 0.15) is 11.1 Å². The molecule has 0 radical (unpaired) electrons. The van der Waals surface area contributed by atoms with Gasteiger partial charge in [0, 0.05) is 42.8 Å². The van der Waals surface area contributed by atoms with Gasteiger partial charge in [0.2, 0.25) is 11.8 Å². The molecular formula is C17H14F2N4O2. The monoisotopic (exact) mass is 344 g/mol. The molecule has 6 nitrogen and oxygen atoms in total. The van der Waals surface area contributed by atoms with E-state index in [0.717, 1.165) is 11.1 Å². The molecule has 0 fully saturated rings. The predicted molar refractivity (Wildman–Crippen MR) is 85.5 cm³/mol. The molecule has 0 N–H and O–H groups in total. The van der Waals surface area contributed by atoms with Crippen LogP contribution >= 0.6 is 0 Å². The van der Waals surface area contributed by atoms with Gasteiger partial charge in [-0.1, -0.05) is 0 Å². The highest BCUT2D eigenvalue weighted by Gasteiger charge is 2.12. The molecule has 0 aliphatic heterocycles. The summed E-state index contributed by atoms with van der Waals surface area (Å²) in [7, 11) is 1.49. The summed E-state index contributed by atoms with van der Waals surface area (Å²) in [5.41, 5.74) is 3.09. The van der Waals surface area contributed by atoms with Crippen molar-refractivity contribution in [2.24, 2.45) is 0 Å². The van der Waals surface area contributed by atoms with Gasteiger partial charge >= 0.3 is 6.61 Å². The lowest BCUT2D eigenvalue weighted by Crippen LogP contribution is -2.03. The Kier molecular flexibility index (Phi) is 5.08. The van der Waals surface area contributed by atoms with Gasteiger partial charge in [0.15, 0.2) is 0 Å². The van der Waals surface area contributed by atoms with Gasteiger partial charge in [-0.2, -0.15) is 8.78 Å². The number of halogens is 2. The van der Waals surface area contributed by atoms with Gasteiger partial charge in [-0.05, 0) is 28.8 Å². The van der Waals surface area contributed by atoms with Crippen molar-refractivity contribution in [3.63, 3.8) is 0 Å². The number of nitrogens with zero attached hydrogens (tertiary/aromatic N) is 4. The molecule has 0 aliphatic carbocycles. The maximum absolute atomic E-state index is 12.4. The van der Waals surface area contributed by atoms with Crippen LogP contribution in [-0.4, -0.2) is 33.7 Å². The van der Waals surface area contributed by atoms with E-state index in [1.165, 1.54) is 25.7 Å². The molecular weight excluding hydrogens is 330 g/mol. The third kappa shape index (κ3) is 4.23. The number of aromatic nitrogens is 4. The van der Waals surface area contributed by atoms with E-state index >= 15 is 0 Å². The van der Waals surface area contributed by atoms with Gasteiger partial charge in [0.25, 0.3) is 0 Å². The van der Waals surface area contributed by atoms with Crippen LogP contribution in [0.5, 0.6) is 11.8 Å². The van der Waals surface area contributed by atoms with Crippen molar-refractivity contribution in [2.75, 3.05) is 7.11 Å². The number of ether oxygens (including phenoxy) is 2. The van der Waals surface area contributed by atoms with Gasteiger partial charge in [-0.15, -0.1) is 0 Å². The fourth-order valence-corrected chi connectivity index (χ4v) is 2.35. The quantitative estimate of drug-likeness (QED) is 0.684. The maximum atomic E-state index is 12.4. The first kappa shape index (κ1) is 16.7. The Labute approximate surface area is 142 Å². The molecule has 0 aliphatic rings. The molecule has 0 amide bonds. The first-order chi connectivity index (χ1) is 12.2. The first-order valence-corrected chi connectivity index (χ1v) is 7.33. The molecule has 0 aromatic carbocycles. The SMILES string of the molecule is COc1ncc(Cc2cncnc2)cc1-c1ccnc(OC(F)F)c1. The molecule has 8 heteroatoms. The highest BCUT2D eigenvalue weighted by molar-refractivity contribution is 5.69. The van der Waals surface area contributed by atoms with Crippen molar-refractivity contribution < 1.29 is 18.3 Å². The second-order valence-electron chi connectivity index (χ2n) is 5.09. The topological polar surface area (TPSA) is 70.0 Å². The van der Waals surface area contributed by atoms with Gasteiger partial charge in [-0.3, -0.25) is 0 Å². The van der Waals surface area contributed by atoms with E-state index in [4.69, 9.17) is 4.74 Å². The molecule has 0 atom stereocenters. The van der Waals surface area contributed by atoms with Crippen LogP contribution in [0, 0.1) is 0 Å². The molecule has 3 aromatic rings. The number of alkyl halides is 2. The molecule has 0 saturated carbocycles. The number of hydrogen-bond donors (Lipinski definition) is 0. The number of hydrogen-bond acceptors (Lipinski definition) is 6. The summed E-state index contributed by atoms with van der Waals surface area (Å²) in [6.45, 7) is -2.94. The largest absolute Gasteiger partial charge is 0.481 e. The summed E-state index contributed by atoms with van der Waals surface area (Å²) >= 11 is 0.